The zero-order valence-electron chi connectivity index (χ0n) is 17.3. The second kappa shape index (κ2) is 12.1. The molecule has 0 radical (unpaired) electrons. The minimum absolute atomic E-state index is 0.0249. The number of aliphatic hydroxyl groups excluding tert-OH is 1. The van der Waals surface area contributed by atoms with Crippen LogP contribution in [0.5, 0.6) is 0 Å². The van der Waals surface area contributed by atoms with E-state index in [1.165, 1.54) is 12.1 Å². The Morgan fingerprint density at radius 3 is 2.61 bits per heavy atom. The van der Waals surface area contributed by atoms with Crippen molar-refractivity contribution in [3.63, 3.8) is 0 Å². The van der Waals surface area contributed by atoms with Crippen LogP contribution in [0.15, 0.2) is 24.3 Å². The molecule has 0 spiro atoms. The van der Waals surface area contributed by atoms with E-state index in [4.69, 9.17) is 9.84 Å². The van der Waals surface area contributed by atoms with Gasteiger partial charge in [-0.05, 0) is 56.2 Å². The third kappa shape index (κ3) is 7.68. The summed E-state index contributed by atoms with van der Waals surface area (Å²) in [4.78, 5) is 25.0. The summed E-state index contributed by atoms with van der Waals surface area (Å²) < 4.78 is 4.91. The van der Waals surface area contributed by atoms with Crippen molar-refractivity contribution in [2.45, 2.75) is 47.0 Å². The van der Waals surface area contributed by atoms with E-state index < -0.39 is 5.97 Å². The number of esters is 1. The summed E-state index contributed by atoms with van der Waals surface area (Å²) in [6, 6.07) is 5.07. The number of anilines is 1. The zero-order chi connectivity index (χ0) is 21.1. The lowest BCUT2D eigenvalue weighted by Crippen LogP contribution is -2.29. The van der Waals surface area contributed by atoms with E-state index in [1.807, 2.05) is 4.90 Å². The number of unbranched alkanes of at least 4 members (excludes halogenated alkanes) is 2. The van der Waals surface area contributed by atoms with Crippen molar-refractivity contribution >= 4 is 22.9 Å². The maximum atomic E-state index is 11.7. The molecule has 28 heavy (non-hydrogen) atoms. The first-order valence-corrected chi connectivity index (χ1v) is 9.79. The fourth-order valence-corrected chi connectivity index (χ4v) is 2.97. The number of nitro groups is 1. The minimum atomic E-state index is -0.461. The Labute approximate surface area is 167 Å². The fourth-order valence-electron chi connectivity index (χ4n) is 2.97. The van der Waals surface area contributed by atoms with Crippen LogP contribution < -0.4 is 4.90 Å². The number of hydrogen-bond acceptors (Lipinski definition) is 6. The van der Waals surface area contributed by atoms with E-state index in [9.17, 15) is 14.9 Å². The van der Waals surface area contributed by atoms with Crippen LogP contribution in [0.4, 0.5) is 11.4 Å². The van der Waals surface area contributed by atoms with Gasteiger partial charge in [0.1, 0.15) is 5.69 Å². The van der Waals surface area contributed by atoms with Crippen molar-refractivity contribution in [2.24, 2.45) is 5.92 Å². The quantitative estimate of drug-likeness (QED) is 0.188. The van der Waals surface area contributed by atoms with Crippen molar-refractivity contribution in [3.8, 4) is 0 Å². The number of rotatable bonds is 12. The molecule has 7 heteroatoms. The third-order valence-electron chi connectivity index (χ3n) is 4.26. The van der Waals surface area contributed by atoms with Crippen molar-refractivity contribution in [2.75, 3.05) is 31.2 Å². The summed E-state index contributed by atoms with van der Waals surface area (Å²) >= 11 is 0. The van der Waals surface area contributed by atoms with Crippen LogP contribution in [0.1, 0.15) is 52.5 Å². The molecule has 1 aromatic carbocycles. The lowest BCUT2D eigenvalue weighted by molar-refractivity contribution is -0.384. The van der Waals surface area contributed by atoms with Gasteiger partial charge in [-0.25, -0.2) is 4.79 Å². The molecular formula is C21H32N2O5. The Kier molecular flexibility index (Phi) is 10.2. The van der Waals surface area contributed by atoms with Crippen LogP contribution in [0.25, 0.3) is 5.57 Å². The molecule has 0 bridgehead atoms. The standard InChI is InChI=1S/C21H32N2O5/c1-5-28-21(25)13-17(4)18-9-10-19(20(14-18)23(26)27)22(15-16(2)3)11-7-6-8-12-24/h9-10,13-14,16,24H,5-8,11-12,15H2,1-4H3/b17-13+. The minimum Gasteiger partial charge on any atom is -0.463 e. The van der Waals surface area contributed by atoms with Gasteiger partial charge in [0.2, 0.25) is 0 Å². The number of allylic oxidation sites excluding steroid dienone is 1. The molecule has 0 saturated carbocycles. The van der Waals surface area contributed by atoms with Crippen molar-refractivity contribution in [3.05, 3.63) is 40.0 Å². The molecule has 1 N–H and O–H groups in total. The van der Waals surface area contributed by atoms with Crippen molar-refractivity contribution in [1.29, 1.82) is 0 Å². The monoisotopic (exact) mass is 392 g/mol. The Bertz CT molecular complexity index is 685. The molecule has 0 aliphatic heterocycles. The highest BCUT2D eigenvalue weighted by molar-refractivity contribution is 5.91. The van der Waals surface area contributed by atoms with Crippen LogP contribution in [0.3, 0.4) is 0 Å². The van der Waals surface area contributed by atoms with Gasteiger partial charge in [0.25, 0.3) is 5.69 Å². The number of carbonyl (C=O) groups is 1. The predicted molar refractivity (Wildman–Crippen MR) is 111 cm³/mol. The van der Waals surface area contributed by atoms with Gasteiger partial charge < -0.3 is 14.7 Å². The van der Waals surface area contributed by atoms with E-state index >= 15 is 0 Å². The molecule has 0 fully saturated rings. The summed E-state index contributed by atoms with van der Waals surface area (Å²) in [6.07, 6.45) is 3.81. The molecular weight excluding hydrogens is 360 g/mol. The van der Waals surface area contributed by atoms with Gasteiger partial charge in [-0.15, -0.1) is 0 Å². The SMILES string of the molecule is CCOC(=O)/C=C(\C)c1ccc(N(CCCCCO)CC(C)C)c([N+](=O)[O-])c1. The van der Waals surface area contributed by atoms with Gasteiger partial charge in [0, 0.05) is 31.8 Å². The van der Waals surface area contributed by atoms with Crippen molar-refractivity contribution < 1.29 is 19.6 Å². The smallest absolute Gasteiger partial charge is 0.331 e. The molecule has 1 aromatic rings. The van der Waals surface area contributed by atoms with Crippen LogP contribution in [0.2, 0.25) is 0 Å². The van der Waals surface area contributed by atoms with Gasteiger partial charge in [-0.1, -0.05) is 19.9 Å². The number of aliphatic hydroxyl groups is 1. The highest BCUT2D eigenvalue weighted by Gasteiger charge is 2.21. The summed E-state index contributed by atoms with van der Waals surface area (Å²) in [6.45, 7) is 9.45. The summed E-state index contributed by atoms with van der Waals surface area (Å²) in [5.41, 5.74) is 1.84. The van der Waals surface area contributed by atoms with Crippen LogP contribution in [-0.2, 0) is 9.53 Å². The molecule has 7 nitrogen and oxygen atoms in total. The van der Waals surface area contributed by atoms with Gasteiger partial charge >= 0.3 is 5.97 Å². The van der Waals surface area contributed by atoms with Crippen LogP contribution in [-0.4, -0.2) is 42.3 Å². The maximum Gasteiger partial charge on any atom is 0.331 e. The lowest BCUT2D eigenvalue weighted by atomic mass is 10.0. The molecule has 156 valence electrons. The summed E-state index contributed by atoms with van der Waals surface area (Å²) in [5, 5.41) is 20.7. The number of ether oxygens (including phenoxy) is 1. The molecule has 0 unspecified atom stereocenters. The van der Waals surface area contributed by atoms with E-state index in [0.717, 1.165) is 19.3 Å². The van der Waals surface area contributed by atoms with Gasteiger partial charge in [0.05, 0.1) is 11.5 Å². The van der Waals surface area contributed by atoms with E-state index in [0.29, 0.717) is 35.8 Å². The Morgan fingerprint density at radius 1 is 1.32 bits per heavy atom. The van der Waals surface area contributed by atoms with Crippen LogP contribution >= 0.6 is 0 Å². The van der Waals surface area contributed by atoms with Crippen LogP contribution in [0, 0.1) is 16.0 Å². The van der Waals surface area contributed by atoms with Gasteiger partial charge in [-0.3, -0.25) is 10.1 Å². The summed E-state index contributed by atoms with van der Waals surface area (Å²) in [7, 11) is 0. The molecule has 0 amide bonds. The number of benzene rings is 1. The Morgan fingerprint density at radius 2 is 2.04 bits per heavy atom. The normalized spacial score (nSPS) is 11.6. The molecule has 1 rings (SSSR count). The van der Waals surface area contributed by atoms with Crippen molar-refractivity contribution in [1.82, 2.24) is 0 Å². The average molecular weight is 392 g/mol. The first kappa shape index (κ1) is 23.6. The highest BCUT2D eigenvalue weighted by Crippen LogP contribution is 2.32. The van der Waals surface area contributed by atoms with E-state index in [-0.39, 0.29) is 23.8 Å². The molecule has 0 aliphatic rings. The Hall–Kier alpha value is -2.41. The average Bonchev–Trinajstić information content (AvgIpc) is 2.63. The second-order valence-electron chi connectivity index (χ2n) is 7.16. The Balaban J connectivity index is 3.17. The molecule has 0 heterocycles. The molecule has 0 aromatic heterocycles. The van der Waals surface area contributed by atoms with Gasteiger partial charge in [0.15, 0.2) is 0 Å². The molecule has 0 aliphatic carbocycles. The first-order valence-electron chi connectivity index (χ1n) is 9.79. The fraction of sp³-hybridized carbons (Fsp3) is 0.571. The second-order valence-corrected chi connectivity index (χ2v) is 7.16. The topological polar surface area (TPSA) is 92.9 Å². The summed E-state index contributed by atoms with van der Waals surface area (Å²) in [5.74, 6) is -0.111. The lowest BCUT2D eigenvalue weighted by Gasteiger charge is -2.26. The number of carbonyl (C=O) groups excluding carboxylic acids is 1. The predicted octanol–water partition coefficient (Wildman–Crippen LogP) is 4.19. The molecule has 0 atom stereocenters. The largest absolute Gasteiger partial charge is 0.463 e. The number of hydrogen-bond donors (Lipinski definition) is 1. The number of nitrogens with zero attached hydrogens (tertiary/aromatic N) is 2. The van der Waals surface area contributed by atoms with Gasteiger partial charge in [-0.2, -0.15) is 0 Å². The highest BCUT2D eigenvalue weighted by atomic mass is 16.6. The van der Waals surface area contributed by atoms with E-state index in [1.54, 1.807) is 26.0 Å². The maximum absolute atomic E-state index is 11.7. The number of nitro benzene ring substituents is 1. The third-order valence-corrected chi connectivity index (χ3v) is 4.26. The molecule has 0 saturated heterocycles. The zero-order valence-corrected chi connectivity index (χ0v) is 17.3. The first-order chi connectivity index (χ1) is 13.3. The van der Waals surface area contributed by atoms with E-state index in [2.05, 4.69) is 13.8 Å².